The second kappa shape index (κ2) is 8.20. The number of phenols is 1. The summed E-state index contributed by atoms with van der Waals surface area (Å²) < 4.78 is 30.6. The van der Waals surface area contributed by atoms with Crippen molar-refractivity contribution in [2.45, 2.75) is 14.5 Å². The number of aromatic hydroxyl groups is 1. The molecule has 2 atom stereocenters. The summed E-state index contributed by atoms with van der Waals surface area (Å²) in [5.41, 5.74) is 4.50. The molecule has 0 saturated heterocycles. The van der Waals surface area contributed by atoms with Gasteiger partial charge < -0.3 is 10.8 Å². The highest BCUT2D eigenvalue weighted by Gasteiger charge is 2.45. The van der Waals surface area contributed by atoms with E-state index < -0.39 is 10.1 Å². The van der Waals surface area contributed by atoms with Gasteiger partial charge in [0.25, 0.3) is 10.1 Å². The molecule has 1 fully saturated rings. The van der Waals surface area contributed by atoms with E-state index in [1.165, 1.54) is 13.1 Å². The van der Waals surface area contributed by atoms with Gasteiger partial charge in [-0.25, -0.2) is 0 Å². The zero-order chi connectivity index (χ0) is 17.8. The summed E-state index contributed by atoms with van der Waals surface area (Å²) in [6.45, 7) is 0. The van der Waals surface area contributed by atoms with E-state index >= 15 is 0 Å². The van der Waals surface area contributed by atoms with E-state index in [1.807, 2.05) is 0 Å². The first-order valence-corrected chi connectivity index (χ1v) is 9.58. The molecule has 0 bridgehead atoms. The van der Waals surface area contributed by atoms with Gasteiger partial charge in [-0.1, -0.05) is 56.1 Å². The molecule has 2 aromatic rings. The van der Waals surface area contributed by atoms with Crippen molar-refractivity contribution in [1.29, 1.82) is 0 Å². The molecular formula is C14H15Br2NO5S. The first-order chi connectivity index (χ1) is 10.7. The highest BCUT2D eigenvalue weighted by atomic mass is 79.9. The molecule has 4 N–H and O–H groups in total. The number of hydrogen-bond acceptors (Lipinski definition) is 5. The number of rotatable bonds is 1. The Bertz CT molecular complexity index is 800. The first kappa shape index (κ1) is 20.0. The maximum absolute atomic E-state index is 10.9. The molecule has 1 saturated carbocycles. The summed E-state index contributed by atoms with van der Waals surface area (Å²) >= 11 is 6.23. The zero-order valence-corrected chi connectivity index (χ0v) is 16.0. The van der Waals surface area contributed by atoms with E-state index in [0.29, 0.717) is 10.8 Å². The molecule has 6 nitrogen and oxygen atoms in total. The summed E-state index contributed by atoms with van der Waals surface area (Å²) in [6.07, 6.45) is 0. The van der Waals surface area contributed by atoms with Crippen LogP contribution in [0.2, 0.25) is 0 Å². The number of nitrogens with two attached hydrogens (primary N) is 1. The van der Waals surface area contributed by atoms with Crippen molar-refractivity contribution >= 4 is 58.5 Å². The van der Waals surface area contributed by atoms with E-state index in [4.69, 9.17) is 4.55 Å². The van der Waals surface area contributed by atoms with E-state index in [2.05, 4.69) is 37.6 Å². The van der Waals surface area contributed by atoms with Crippen molar-refractivity contribution in [1.82, 2.24) is 0 Å². The number of hydrogen-bond donors (Lipinski definition) is 3. The Morgan fingerprint density at radius 3 is 2.00 bits per heavy atom. The van der Waals surface area contributed by atoms with Crippen LogP contribution in [0.25, 0.3) is 10.8 Å². The van der Waals surface area contributed by atoms with Crippen molar-refractivity contribution in [2.24, 2.45) is 5.73 Å². The first-order valence-electron chi connectivity index (χ1n) is 6.30. The van der Waals surface area contributed by atoms with Gasteiger partial charge in [0.1, 0.15) is 5.75 Å². The van der Waals surface area contributed by atoms with Crippen LogP contribution < -0.4 is 5.73 Å². The third-order valence-electron chi connectivity index (χ3n) is 2.80. The number of fused-ring (bicyclic) bond motifs is 1. The van der Waals surface area contributed by atoms with E-state index in [1.54, 1.807) is 24.3 Å². The fraction of sp³-hybridized carbons (Fsp3) is 0.214. The van der Waals surface area contributed by atoms with Crippen molar-refractivity contribution in [3.05, 3.63) is 36.4 Å². The predicted molar refractivity (Wildman–Crippen MR) is 96.0 cm³/mol. The zero-order valence-electron chi connectivity index (χ0n) is 12.0. The normalized spacial score (nSPS) is 19.3. The molecule has 1 aliphatic rings. The maximum atomic E-state index is 10.9. The lowest BCUT2D eigenvalue weighted by atomic mass is 10.1. The molecule has 9 heteroatoms. The van der Waals surface area contributed by atoms with Gasteiger partial charge in [0, 0.05) is 11.5 Å². The molecule has 23 heavy (non-hydrogen) atoms. The molecule has 2 unspecified atom stereocenters. The number of alkyl halides is 2. The van der Waals surface area contributed by atoms with Crippen LogP contribution in [0, 0.1) is 0 Å². The number of Topliss-reactive ketones (excluding diaryl/α,β-unsaturated/α-hetero) is 1. The molecule has 126 valence electrons. The van der Waals surface area contributed by atoms with Gasteiger partial charge in [-0.2, -0.15) is 8.42 Å². The van der Waals surface area contributed by atoms with Crippen molar-refractivity contribution in [3.8, 4) is 5.75 Å². The fourth-order valence-corrected chi connectivity index (χ4v) is 3.27. The van der Waals surface area contributed by atoms with Crippen LogP contribution in [-0.2, 0) is 14.9 Å². The van der Waals surface area contributed by atoms with Crippen LogP contribution in [0.4, 0.5) is 0 Å². The lowest BCUT2D eigenvalue weighted by molar-refractivity contribution is -0.109. The molecule has 0 aromatic heterocycles. The van der Waals surface area contributed by atoms with Crippen LogP contribution in [0.3, 0.4) is 0 Å². The van der Waals surface area contributed by atoms with E-state index in [0.717, 1.165) is 6.07 Å². The van der Waals surface area contributed by atoms with Crippen molar-refractivity contribution in [2.75, 3.05) is 7.05 Å². The van der Waals surface area contributed by atoms with Gasteiger partial charge in [-0.3, -0.25) is 9.35 Å². The standard InChI is InChI=1S/C10H8O4S.C3H2Br2O.CH5N/c11-10-6-8(15(12,13)14)5-7-3-1-2-4-9(7)10;4-1-2(5)3(1)6;1-2/h1-6,11H,(H,12,13,14);1-2H;2H2,1H3. The van der Waals surface area contributed by atoms with Crippen LogP contribution >= 0.6 is 31.9 Å². The van der Waals surface area contributed by atoms with Gasteiger partial charge in [0.05, 0.1) is 14.5 Å². The average Bonchev–Trinajstić information content (AvgIpc) is 3.05. The molecule has 0 heterocycles. The lowest BCUT2D eigenvalue weighted by Crippen LogP contribution is -1.97. The average molecular weight is 469 g/mol. The summed E-state index contributed by atoms with van der Waals surface area (Å²) in [5.74, 6) is 0.0933. The molecule has 3 rings (SSSR count). The molecule has 0 amide bonds. The van der Waals surface area contributed by atoms with Gasteiger partial charge in [0.15, 0.2) is 5.78 Å². The minimum Gasteiger partial charge on any atom is -0.507 e. The Morgan fingerprint density at radius 2 is 1.57 bits per heavy atom. The number of carbonyl (C=O) groups excluding carboxylic acids is 1. The molecule has 1 aliphatic carbocycles. The summed E-state index contributed by atoms with van der Waals surface area (Å²) in [5, 5.41) is 10.6. The Hall–Kier alpha value is -1.00. The number of ketones is 1. The minimum absolute atomic E-state index is 0.109. The largest absolute Gasteiger partial charge is 0.507 e. The number of phenolic OH excluding ortho intramolecular Hbond substituents is 1. The molecule has 0 aliphatic heterocycles. The Morgan fingerprint density at radius 1 is 1.09 bits per heavy atom. The predicted octanol–water partition coefficient (Wildman–Crippen LogP) is 2.46. The van der Waals surface area contributed by atoms with Gasteiger partial charge >= 0.3 is 0 Å². The summed E-state index contributed by atoms with van der Waals surface area (Å²) in [4.78, 5) is 10.0. The number of benzene rings is 2. The highest BCUT2D eigenvalue weighted by Crippen LogP contribution is 2.32. The summed E-state index contributed by atoms with van der Waals surface area (Å²) in [7, 11) is -2.78. The smallest absolute Gasteiger partial charge is 0.294 e. The van der Waals surface area contributed by atoms with Crippen LogP contribution in [0.15, 0.2) is 41.3 Å². The number of halogens is 2. The van der Waals surface area contributed by atoms with Crippen molar-refractivity contribution < 1.29 is 22.9 Å². The topological polar surface area (TPSA) is 118 Å². The second-order valence-electron chi connectivity index (χ2n) is 4.34. The Balaban J connectivity index is 0.000000276. The van der Waals surface area contributed by atoms with Crippen LogP contribution in [0.1, 0.15) is 0 Å². The quantitative estimate of drug-likeness (QED) is 0.437. The second-order valence-corrected chi connectivity index (χ2v) is 7.74. The minimum atomic E-state index is -4.28. The van der Waals surface area contributed by atoms with Crippen LogP contribution in [0.5, 0.6) is 5.75 Å². The Labute approximate surface area is 150 Å². The third-order valence-corrected chi connectivity index (χ3v) is 6.30. The SMILES string of the molecule is CN.O=C1C(Br)C1Br.O=S(=O)(O)c1cc(O)c2ccccc2c1. The monoisotopic (exact) mass is 467 g/mol. The fourth-order valence-electron chi connectivity index (χ4n) is 1.59. The highest BCUT2D eigenvalue weighted by molar-refractivity contribution is 9.13. The lowest BCUT2D eigenvalue weighted by Gasteiger charge is -2.03. The van der Waals surface area contributed by atoms with Gasteiger partial charge in [0.2, 0.25) is 0 Å². The molecule has 0 spiro atoms. The van der Waals surface area contributed by atoms with E-state index in [-0.39, 0.29) is 26.1 Å². The number of carbonyl (C=O) groups is 1. The van der Waals surface area contributed by atoms with E-state index in [9.17, 15) is 18.3 Å². The maximum Gasteiger partial charge on any atom is 0.294 e. The molecule has 0 radical (unpaired) electrons. The molecular weight excluding hydrogens is 454 g/mol. The summed E-state index contributed by atoms with van der Waals surface area (Å²) in [6, 6.07) is 9.11. The van der Waals surface area contributed by atoms with Crippen LogP contribution in [-0.4, -0.2) is 40.6 Å². The van der Waals surface area contributed by atoms with Gasteiger partial charge in [-0.05, 0) is 18.5 Å². The Kier molecular flexibility index (Phi) is 7.15. The third kappa shape index (κ3) is 5.25. The molecule has 2 aromatic carbocycles. The van der Waals surface area contributed by atoms with Crippen molar-refractivity contribution in [3.63, 3.8) is 0 Å². The van der Waals surface area contributed by atoms with Gasteiger partial charge in [-0.15, -0.1) is 0 Å².